The predicted octanol–water partition coefficient (Wildman–Crippen LogP) is 2.79. The number of furan rings is 1. The van der Waals surface area contributed by atoms with E-state index < -0.39 is 0 Å². The predicted molar refractivity (Wildman–Crippen MR) is 60.6 cm³/mol. The highest BCUT2D eigenvalue weighted by Crippen LogP contribution is 2.11. The van der Waals surface area contributed by atoms with Crippen molar-refractivity contribution >= 4 is 0 Å². The van der Waals surface area contributed by atoms with Crippen LogP contribution in [0.2, 0.25) is 0 Å². The molecule has 0 atom stereocenters. The molecule has 3 nitrogen and oxygen atoms in total. The summed E-state index contributed by atoms with van der Waals surface area (Å²) in [7, 11) is 0. The van der Waals surface area contributed by atoms with E-state index in [0.29, 0.717) is 12.8 Å². The first kappa shape index (κ1) is 12.3. The van der Waals surface area contributed by atoms with Crippen LogP contribution in [0.15, 0.2) is 16.5 Å². The van der Waals surface area contributed by atoms with Crippen LogP contribution in [0.25, 0.3) is 0 Å². The topological polar surface area (TPSA) is 25.6 Å². The molecule has 0 aliphatic carbocycles. The van der Waals surface area contributed by atoms with E-state index >= 15 is 0 Å². The summed E-state index contributed by atoms with van der Waals surface area (Å²) < 4.78 is 11.0. The Balaban J connectivity index is 2.50. The van der Waals surface area contributed by atoms with Gasteiger partial charge in [0.15, 0.2) is 0 Å². The Bertz CT molecular complexity index is 281. The van der Waals surface area contributed by atoms with E-state index in [0.717, 1.165) is 24.7 Å². The largest absolute Gasteiger partial charge is 0.465 e. The van der Waals surface area contributed by atoms with E-state index in [4.69, 9.17) is 9.15 Å². The van der Waals surface area contributed by atoms with Gasteiger partial charge in [0.25, 0.3) is 0 Å². The van der Waals surface area contributed by atoms with E-state index in [2.05, 4.69) is 18.7 Å². The number of aryl methyl sites for hydroxylation is 1. The van der Waals surface area contributed by atoms with Crippen molar-refractivity contribution in [2.45, 2.75) is 40.3 Å². The van der Waals surface area contributed by atoms with Crippen LogP contribution in [0.3, 0.4) is 0 Å². The van der Waals surface area contributed by atoms with Gasteiger partial charge >= 0.3 is 0 Å². The summed E-state index contributed by atoms with van der Waals surface area (Å²) in [5.74, 6) is 1.96. The Labute approximate surface area is 92.0 Å². The zero-order chi connectivity index (χ0) is 11.3. The summed E-state index contributed by atoms with van der Waals surface area (Å²) in [6.45, 7) is 10.5. The molecular weight excluding hydrogens is 190 g/mol. The van der Waals surface area contributed by atoms with Gasteiger partial charge in [-0.3, -0.25) is 4.90 Å². The fourth-order valence-electron chi connectivity index (χ4n) is 1.36. The van der Waals surface area contributed by atoms with Crippen molar-refractivity contribution in [3.63, 3.8) is 0 Å². The normalized spacial score (nSPS) is 11.6. The molecule has 0 saturated heterocycles. The van der Waals surface area contributed by atoms with Crippen LogP contribution in [-0.4, -0.2) is 24.3 Å². The minimum Gasteiger partial charge on any atom is -0.465 e. The molecule has 0 amide bonds. The molecule has 0 aliphatic rings. The number of hydrogen-bond acceptors (Lipinski definition) is 3. The fraction of sp³-hybridized carbons (Fsp3) is 0.667. The lowest BCUT2D eigenvalue weighted by Gasteiger charge is -2.24. The first-order valence-electron chi connectivity index (χ1n) is 5.50. The van der Waals surface area contributed by atoms with Crippen molar-refractivity contribution in [3.8, 4) is 0 Å². The first-order valence-corrected chi connectivity index (χ1v) is 5.50. The second kappa shape index (κ2) is 5.93. The van der Waals surface area contributed by atoms with Crippen LogP contribution < -0.4 is 0 Å². The lowest BCUT2D eigenvalue weighted by atomic mass is 10.3. The van der Waals surface area contributed by atoms with Gasteiger partial charge in [0, 0.05) is 12.6 Å². The van der Waals surface area contributed by atoms with Gasteiger partial charge in [-0.1, -0.05) is 0 Å². The third-order valence-corrected chi connectivity index (χ3v) is 2.35. The van der Waals surface area contributed by atoms with Gasteiger partial charge in [-0.15, -0.1) is 0 Å². The third kappa shape index (κ3) is 4.06. The van der Waals surface area contributed by atoms with Crippen molar-refractivity contribution in [1.29, 1.82) is 0 Å². The maximum Gasteiger partial charge on any atom is 0.118 e. The van der Waals surface area contributed by atoms with Crippen molar-refractivity contribution < 1.29 is 9.15 Å². The Morgan fingerprint density at radius 3 is 2.60 bits per heavy atom. The van der Waals surface area contributed by atoms with Crippen LogP contribution in [0, 0.1) is 6.92 Å². The molecule has 1 rings (SSSR count). The van der Waals surface area contributed by atoms with Crippen LogP contribution in [-0.2, 0) is 11.3 Å². The Hall–Kier alpha value is -0.800. The van der Waals surface area contributed by atoms with Crippen molar-refractivity contribution in [3.05, 3.63) is 23.7 Å². The van der Waals surface area contributed by atoms with Gasteiger partial charge < -0.3 is 9.15 Å². The monoisotopic (exact) mass is 211 g/mol. The van der Waals surface area contributed by atoms with Gasteiger partial charge in [0.05, 0.1) is 13.3 Å². The summed E-state index contributed by atoms with van der Waals surface area (Å²) in [5.41, 5.74) is 0. The zero-order valence-electron chi connectivity index (χ0n) is 10.1. The maximum atomic E-state index is 5.55. The summed E-state index contributed by atoms with van der Waals surface area (Å²) in [6, 6.07) is 4.48. The maximum absolute atomic E-state index is 5.55. The Morgan fingerprint density at radius 2 is 2.13 bits per heavy atom. The van der Waals surface area contributed by atoms with Gasteiger partial charge in [-0.2, -0.15) is 0 Å². The molecule has 15 heavy (non-hydrogen) atoms. The SMILES string of the molecule is CCOCN(Cc1ccc(C)o1)C(C)C. The van der Waals surface area contributed by atoms with Gasteiger partial charge in [-0.25, -0.2) is 0 Å². The molecule has 86 valence electrons. The molecule has 0 unspecified atom stereocenters. The second-order valence-corrected chi connectivity index (χ2v) is 3.97. The van der Waals surface area contributed by atoms with Gasteiger partial charge in [0.1, 0.15) is 11.5 Å². The van der Waals surface area contributed by atoms with Crippen LogP contribution in [0.4, 0.5) is 0 Å². The average Bonchev–Trinajstić information content (AvgIpc) is 2.58. The van der Waals surface area contributed by atoms with E-state index in [1.807, 2.05) is 26.0 Å². The zero-order valence-corrected chi connectivity index (χ0v) is 10.1. The fourth-order valence-corrected chi connectivity index (χ4v) is 1.36. The quantitative estimate of drug-likeness (QED) is 0.677. The van der Waals surface area contributed by atoms with Gasteiger partial charge in [0.2, 0.25) is 0 Å². The summed E-state index contributed by atoms with van der Waals surface area (Å²) in [5, 5.41) is 0. The van der Waals surface area contributed by atoms with Crippen LogP contribution in [0.5, 0.6) is 0 Å². The van der Waals surface area contributed by atoms with Crippen LogP contribution in [0.1, 0.15) is 32.3 Å². The standard InChI is InChI=1S/C12H21NO2/c1-5-14-9-13(10(2)3)8-12-7-6-11(4)15-12/h6-7,10H,5,8-9H2,1-4H3. The minimum atomic E-state index is 0.460. The Morgan fingerprint density at radius 1 is 1.40 bits per heavy atom. The first-order chi connectivity index (χ1) is 7.13. The molecule has 0 radical (unpaired) electrons. The lowest BCUT2D eigenvalue weighted by molar-refractivity contribution is 0.00952. The molecule has 1 aromatic rings. The molecule has 0 aromatic carbocycles. The van der Waals surface area contributed by atoms with Gasteiger partial charge in [-0.05, 0) is 39.8 Å². The van der Waals surface area contributed by atoms with Crippen molar-refractivity contribution in [1.82, 2.24) is 4.90 Å². The summed E-state index contributed by atoms with van der Waals surface area (Å²) >= 11 is 0. The van der Waals surface area contributed by atoms with Crippen molar-refractivity contribution in [2.24, 2.45) is 0 Å². The van der Waals surface area contributed by atoms with Crippen molar-refractivity contribution in [2.75, 3.05) is 13.3 Å². The number of hydrogen-bond donors (Lipinski definition) is 0. The molecular formula is C12H21NO2. The highest BCUT2D eigenvalue weighted by molar-refractivity contribution is 5.05. The number of rotatable bonds is 6. The van der Waals surface area contributed by atoms with E-state index in [-0.39, 0.29) is 0 Å². The molecule has 0 fully saturated rings. The molecule has 3 heteroatoms. The molecule has 0 bridgehead atoms. The Kier molecular flexibility index (Phi) is 4.85. The average molecular weight is 211 g/mol. The molecule has 0 aliphatic heterocycles. The van der Waals surface area contributed by atoms with Crippen LogP contribution >= 0.6 is 0 Å². The highest BCUT2D eigenvalue weighted by atomic mass is 16.5. The van der Waals surface area contributed by atoms with E-state index in [1.54, 1.807) is 0 Å². The smallest absolute Gasteiger partial charge is 0.118 e. The molecule has 1 heterocycles. The second-order valence-electron chi connectivity index (χ2n) is 3.97. The molecule has 0 spiro atoms. The summed E-state index contributed by atoms with van der Waals surface area (Å²) in [6.07, 6.45) is 0. The number of nitrogens with zero attached hydrogens (tertiary/aromatic N) is 1. The third-order valence-electron chi connectivity index (χ3n) is 2.35. The lowest BCUT2D eigenvalue weighted by Crippen LogP contribution is -2.32. The molecule has 1 aromatic heterocycles. The molecule has 0 N–H and O–H groups in total. The molecule has 0 saturated carbocycles. The van der Waals surface area contributed by atoms with E-state index in [9.17, 15) is 0 Å². The highest BCUT2D eigenvalue weighted by Gasteiger charge is 2.11. The van der Waals surface area contributed by atoms with E-state index in [1.165, 1.54) is 0 Å². The number of ether oxygens (including phenoxy) is 1. The summed E-state index contributed by atoms with van der Waals surface area (Å²) in [4.78, 5) is 2.24. The minimum absolute atomic E-state index is 0.460.